The summed E-state index contributed by atoms with van der Waals surface area (Å²) in [7, 11) is 0. The molecule has 2 rings (SSSR count). The Morgan fingerprint density at radius 3 is 2.30 bits per heavy atom. The molecule has 0 heterocycles. The molecule has 0 amide bonds. The predicted molar refractivity (Wildman–Crippen MR) is 81.4 cm³/mol. The van der Waals surface area contributed by atoms with E-state index in [0.717, 1.165) is 14.3 Å². The van der Waals surface area contributed by atoms with Gasteiger partial charge < -0.3 is 0 Å². The van der Waals surface area contributed by atoms with Crippen LogP contribution in [0.15, 0.2) is 56.7 Å². The van der Waals surface area contributed by atoms with Gasteiger partial charge in [0.25, 0.3) is 5.69 Å². The Balaban J connectivity index is 2.34. The number of ketones is 1. The molecule has 0 aliphatic carbocycles. The van der Waals surface area contributed by atoms with Crippen LogP contribution in [0.25, 0.3) is 0 Å². The summed E-state index contributed by atoms with van der Waals surface area (Å²) < 4.78 is 0.972. The highest BCUT2D eigenvalue weighted by atomic mass is 79.9. The molecule has 0 radical (unpaired) electrons. The Hall–Kier alpha value is -1.66. The molecule has 2 aromatic carbocycles. The van der Waals surface area contributed by atoms with Crippen LogP contribution in [-0.4, -0.2) is 10.7 Å². The number of nitro benzene ring substituents is 1. The lowest BCUT2D eigenvalue weighted by atomic mass is 10.1. The largest absolute Gasteiger partial charge is 0.294 e. The third-order valence-electron chi connectivity index (χ3n) is 2.59. The van der Waals surface area contributed by atoms with Gasteiger partial charge >= 0.3 is 0 Å². The molecule has 0 N–H and O–H groups in total. The third-order valence-corrected chi connectivity index (χ3v) is 4.12. The number of hydrogen-bond acceptors (Lipinski definition) is 4. The van der Waals surface area contributed by atoms with Crippen molar-refractivity contribution in [2.75, 3.05) is 0 Å². The van der Waals surface area contributed by atoms with Gasteiger partial charge in [0, 0.05) is 20.3 Å². The third kappa shape index (κ3) is 3.46. The summed E-state index contributed by atoms with van der Waals surface area (Å²) >= 11 is 4.76. The standard InChI is InChI=1S/C14H10BrNO3S/c1-9(17)13-7-6-12(8-14(13)16(18)19)20-11-4-2-10(15)3-5-11/h2-8H,1H3. The summed E-state index contributed by atoms with van der Waals surface area (Å²) in [5, 5.41) is 11.0. The fourth-order valence-electron chi connectivity index (χ4n) is 1.66. The van der Waals surface area contributed by atoms with E-state index in [2.05, 4.69) is 15.9 Å². The molecule has 0 bridgehead atoms. The lowest BCUT2D eigenvalue weighted by Gasteiger charge is -2.04. The Morgan fingerprint density at radius 2 is 1.75 bits per heavy atom. The van der Waals surface area contributed by atoms with E-state index in [1.807, 2.05) is 24.3 Å². The van der Waals surface area contributed by atoms with E-state index < -0.39 is 4.92 Å². The number of rotatable bonds is 4. The van der Waals surface area contributed by atoms with Gasteiger partial charge in [0.1, 0.15) is 0 Å². The second-order valence-electron chi connectivity index (χ2n) is 4.05. The van der Waals surface area contributed by atoms with E-state index >= 15 is 0 Å². The van der Waals surface area contributed by atoms with Gasteiger partial charge in [0.05, 0.1) is 10.5 Å². The van der Waals surface area contributed by atoms with Gasteiger partial charge in [0.2, 0.25) is 0 Å². The van der Waals surface area contributed by atoms with Crippen molar-refractivity contribution in [3.05, 3.63) is 62.6 Å². The van der Waals surface area contributed by atoms with Crippen LogP contribution in [0.2, 0.25) is 0 Å². The number of nitro groups is 1. The highest BCUT2D eigenvalue weighted by Crippen LogP contribution is 2.32. The topological polar surface area (TPSA) is 60.2 Å². The fraction of sp³-hybridized carbons (Fsp3) is 0.0714. The zero-order chi connectivity index (χ0) is 14.7. The molecule has 4 nitrogen and oxygen atoms in total. The quantitative estimate of drug-likeness (QED) is 0.454. The molecule has 0 unspecified atom stereocenters. The van der Waals surface area contributed by atoms with Crippen molar-refractivity contribution < 1.29 is 9.72 Å². The summed E-state index contributed by atoms with van der Waals surface area (Å²) in [5.41, 5.74) is -0.0187. The molecule has 6 heteroatoms. The number of carbonyl (C=O) groups excluding carboxylic acids is 1. The van der Waals surface area contributed by atoms with Crippen LogP contribution in [0.5, 0.6) is 0 Å². The van der Waals surface area contributed by atoms with Crippen LogP contribution in [-0.2, 0) is 0 Å². The van der Waals surface area contributed by atoms with Gasteiger partial charge in [0.15, 0.2) is 5.78 Å². The maximum atomic E-state index is 11.4. The van der Waals surface area contributed by atoms with E-state index in [1.54, 1.807) is 6.07 Å². The van der Waals surface area contributed by atoms with Crippen LogP contribution in [0, 0.1) is 10.1 Å². The van der Waals surface area contributed by atoms with Gasteiger partial charge in [-0.1, -0.05) is 27.7 Å². The molecule has 0 atom stereocenters. The molecule has 0 aromatic heterocycles. The van der Waals surface area contributed by atoms with Crippen molar-refractivity contribution in [2.24, 2.45) is 0 Å². The Labute approximate surface area is 128 Å². The van der Waals surface area contributed by atoms with Gasteiger partial charge in [-0.15, -0.1) is 0 Å². The van der Waals surface area contributed by atoms with Crippen LogP contribution < -0.4 is 0 Å². The molecule has 0 spiro atoms. The van der Waals surface area contributed by atoms with Gasteiger partial charge in [-0.05, 0) is 43.3 Å². The molecule has 102 valence electrons. The molecule has 0 saturated carbocycles. The fourth-order valence-corrected chi connectivity index (χ4v) is 2.78. The first-order valence-electron chi connectivity index (χ1n) is 5.70. The van der Waals surface area contributed by atoms with Crippen LogP contribution in [0.3, 0.4) is 0 Å². The molecular formula is C14H10BrNO3S. The number of hydrogen-bond donors (Lipinski definition) is 0. The highest BCUT2D eigenvalue weighted by molar-refractivity contribution is 9.10. The first-order chi connectivity index (χ1) is 9.47. The Kier molecular flexibility index (Phi) is 4.57. The summed E-state index contributed by atoms with van der Waals surface area (Å²) in [5.74, 6) is -0.308. The van der Waals surface area contributed by atoms with Gasteiger partial charge in [-0.25, -0.2) is 0 Å². The molecule has 20 heavy (non-hydrogen) atoms. The average molecular weight is 352 g/mol. The van der Waals surface area contributed by atoms with Crippen molar-refractivity contribution in [3.63, 3.8) is 0 Å². The minimum absolute atomic E-state index is 0.134. The molecule has 0 saturated heterocycles. The van der Waals surface area contributed by atoms with E-state index in [-0.39, 0.29) is 17.0 Å². The SMILES string of the molecule is CC(=O)c1ccc(Sc2ccc(Br)cc2)cc1[N+](=O)[O-]. The number of carbonyl (C=O) groups is 1. The van der Waals surface area contributed by atoms with Crippen molar-refractivity contribution in [2.45, 2.75) is 16.7 Å². The van der Waals surface area contributed by atoms with E-state index in [4.69, 9.17) is 0 Å². The van der Waals surface area contributed by atoms with E-state index in [1.165, 1.54) is 30.8 Å². The second kappa shape index (κ2) is 6.19. The van der Waals surface area contributed by atoms with E-state index in [0.29, 0.717) is 0 Å². The van der Waals surface area contributed by atoms with E-state index in [9.17, 15) is 14.9 Å². The summed E-state index contributed by atoms with van der Waals surface area (Å²) in [6.45, 7) is 1.32. The maximum Gasteiger partial charge on any atom is 0.281 e. The monoisotopic (exact) mass is 351 g/mol. The normalized spacial score (nSPS) is 10.3. The average Bonchev–Trinajstić information content (AvgIpc) is 2.41. The van der Waals surface area contributed by atoms with Crippen molar-refractivity contribution in [1.82, 2.24) is 0 Å². The van der Waals surface area contributed by atoms with Crippen molar-refractivity contribution in [1.29, 1.82) is 0 Å². The molecule has 0 aliphatic rings. The van der Waals surface area contributed by atoms with Crippen molar-refractivity contribution in [3.8, 4) is 0 Å². The molecule has 2 aromatic rings. The zero-order valence-corrected chi connectivity index (χ0v) is 12.9. The smallest absolute Gasteiger partial charge is 0.281 e. The first kappa shape index (κ1) is 14.7. The number of Topliss-reactive ketones (excluding diaryl/α,β-unsaturated/α-hetero) is 1. The molecule has 0 fully saturated rings. The van der Waals surface area contributed by atoms with Crippen molar-refractivity contribution >= 4 is 39.2 Å². The van der Waals surface area contributed by atoms with Gasteiger partial charge in [-0.3, -0.25) is 14.9 Å². The maximum absolute atomic E-state index is 11.4. The lowest BCUT2D eigenvalue weighted by molar-refractivity contribution is -0.385. The number of halogens is 1. The zero-order valence-electron chi connectivity index (χ0n) is 10.5. The Morgan fingerprint density at radius 1 is 1.15 bits per heavy atom. The first-order valence-corrected chi connectivity index (χ1v) is 7.31. The lowest BCUT2D eigenvalue weighted by Crippen LogP contribution is -2.00. The summed E-state index contributed by atoms with van der Waals surface area (Å²) in [6.07, 6.45) is 0. The Bertz CT molecular complexity index is 671. The summed E-state index contributed by atoms with van der Waals surface area (Å²) in [4.78, 5) is 23.5. The van der Waals surface area contributed by atoms with Crippen LogP contribution >= 0.6 is 27.7 Å². The predicted octanol–water partition coefficient (Wildman–Crippen LogP) is 4.71. The van der Waals surface area contributed by atoms with Crippen LogP contribution in [0.4, 0.5) is 5.69 Å². The number of benzene rings is 2. The minimum Gasteiger partial charge on any atom is -0.294 e. The number of nitrogens with zero attached hydrogens (tertiary/aromatic N) is 1. The molecular weight excluding hydrogens is 342 g/mol. The van der Waals surface area contributed by atoms with Gasteiger partial charge in [-0.2, -0.15) is 0 Å². The summed E-state index contributed by atoms with van der Waals surface area (Å²) in [6, 6.07) is 12.3. The molecule has 0 aliphatic heterocycles. The second-order valence-corrected chi connectivity index (χ2v) is 6.11. The van der Waals surface area contributed by atoms with Crippen LogP contribution in [0.1, 0.15) is 17.3 Å². The minimum atomic E-state index is -0.525. The highest BCUT2D eigenvalue weighted by Gasteiger charge is 2.18.